The van der Waals surface area contributed by atoms with Gasteiger partial charge in [0, 0.05) is 18.3 Å². The highest BCUT2D eigenvalue weighted by Crippen LogP contribution is 2.33. The largest absolute Gasteiger partial charge is 0.491 e. The Hall–Kier alpha value is -3.51. The van der Waals surface area contributed by atoms with Gasteiger partial charge < -0.3 is 14.6 Å². The Morgan fingerprint density at radius 1 is 1.02 bits per heavy atom. The molecule has 212 valence electrons. The van der Waals surface area contributed by atoms with Gasteiger partial charge in [0.05, 0.1) is 21.7 Å². The number of carbonyl (C=O) groups excluding carboxylic acids is 1. The van der Waals surface area contributed by atoms with Crippen molar-refractivity contribution in [1.29, 1.82) is 0 Å². The summed E-state index contributed by atoms with van der Waals surface area (Å²) < 4.78 is 41.6. The number of thiazole rings is 1. The maximum Gasteiger partial charge on any atom is 0.414 e. The van der Waals surface area contributed by atoms with Crippen molar-refractivity contribution in [2.75, 3.05) is 25.2 Å². The highest BCUT2D eigenvalue weighted by molar-refractivity contribution is 7.86. The zero-order valence-electron chi connectivity index (χ0n) is 23.0. The predicted octanol–water partition coefficient (Wildman–Crippen LogP) is 5.79. The molecule has 11 heteroatoms. The minimum Gasteiger partial charge on any atom is -0.491 e. The Morgan fingerprint density at radius 2 is 1.70 bits per heavy atom. The van der Waals surface area contributed by atoms with E-state index in [1.54, 1.807) is 25.2 Å². The summed E-state index contributed by atoms with van der Waals surface area (Å²) in [6.07, 6.45) is -1.58. The number of anilines is 1. The predicted molar refractivity (Wildman–Crippen MR) is 156 cm³/mol. The molecule has 0 aliphatic rings. The molecule has 40 heavy (non-hydrogen) atoms. The average Bonchev–Trinajstić information content (AvgIpc) is 3.33. The molecule has 4 aromatic rings. The molecule has 0 saturated carbocycles. The van der Waals surface area contributed by atoms with Crippen LogP contribution < -0.4 is 9.64 Å². The maximum atomic E-state index is 12.3. The number of rotatable bonds is 9. The van der Waals surface area contributed by atoms with Gasteiger partial charge in [-0.3, -0.25) is 9.08 Å². The second kappa shape index (κ2) is 11.9. The highest BCUT2D eigenvalue weighted by Gasteiger charge is 2.21. The molecule has 1 amide bonds. The lowest BCUT2D eigenvalue weighted by Crippen LogP contribution is -2.34. The molecule has 3 aromatic carbocycles. The summed E-state index contributed by atoms with van der Waals surface area (Å²) in [7, 11) is -2.31. The summed E-state index contributed by atoms with van der Waals surface area (Å²) in [5, 5.41) is 11.0. The standard InChI is InChI=1S/C29H32N2O7S2/c1-19-6-13-24(14-7-19)40(34,35)37-18-22(32)17-36-23-12-15-25-26(16-23)39-27(30-25)20-8-10-21(11-9-20)31(5)28(33)38-29(2,3)4/h6-16,22,32H,17-18H2,1-5H3/t22-/m1/s1. The summed E-state index contributed by atoms with van der Waals surface area (Å²) >= 11 is 1.48. The Labute approximate surface area is 238 Å². The molecular formula is C29H32N2O7S2. The summed E-state index contributed by atoms with van der Waals surface area (Å²) in [4.78, 5) is 18.5. The number of carbonyl (C=O) groups is 1. The van der Waals surface area contributed by atoms with Gasteiger partial charge in [0.25, 0.3) is 10.1 Å². The van der Waals surface area contributed by atoms with Crippen LogP contribution in [-0.4, -0.2) is 56.6 Å². The minimum absolute atomic E-state index is 0.0300. The van der Waals surface area contributed by atoms with Crippen LogP contribution in [0.2, 0.25) is 0 Å². The fourth-order valence-corrected chi connectivity index (χ4v) is 5.50. The molecule has 1 heterocycles. The van der Waals surface area contributed by atoms with Crippen LogP contribution in [0.15, 0.2) is 71.6 Å². The SMILES string of the molecule is Cc1ccc(S(=O)(=O)OC[C@H](O)COc2ccc3nc(-c4ccc(N(C)C(=O)OC(C)(C)C)cc4)sc3c2)cc1. The number of aromatic nitrogens is 1. The molecular weight excluding hydrogens is 552 g/mol. The molecule has 1 N–H and O–H groups in total. The number of aliphatic hydroxyl groups excluding tert-OH is 1. The topological polar surface area (TPSA) is 115 Å². The molecule has 0 fully saturated rings. The van der Waals surface area contributed by atoms with Crippen molar-refractivity contribution in [2.45, 2.75) is 44.3 Å². The van der Waals surface area contributed by atoms with Crippen molar-refractivity contribution in [3.05, 3.63) is 72.3 Å². The van der Waals surface area contributed by atoms with Gasteiger partial charge in [0.1, 0.15) is 29.1 Å². The molecule has 1 aromatic heterocycles. The summed E-state index contributed by atoms with van der Waals surface area (Å²) in [6, 6.07) is 19.1. The molecule has 0 bridgehead atoms. The van der Waals surface area contributed by atoms with Crippen LogP contribution >= 0.6 is 11.3 Å². The van der Waals surface area contributed by atoms with Gasteiger partial charge in [0.15, 0.2) is 0 Å². The highest BCUT2D eigenvalue weighted by atomic mass is 32.2. The third-order valence-electron chi connectivity index (χ3n) is 5.70. The number of aliphatic hydroxyl groups is 1. The third-order valence-corrected chi connectivity index (χ3v) is 8.06. The van der Waals surface area contributed by atoms with Crippen molar-refractivity contribution in [3.8, 4) is 16.3 Å². The Morgan fingerprint density at radius 3 is 2.35 bits per heavy atom. The number of hydrogen-bond donors (Lipinski definition) is 1. The van der Waals surface area contributed by atoms with E-state index in [1.165, 1.54) is 28.4 Å². The van der Waals surface area contributed by atoms with Crippen molar-refractivity contribution >= 4 is 43.5 Å². The van der Waals surface area contributed by atoms with Crippen molar-refractivity contribution < 1.29 is 32.0 Å². The molecule has 0 aliphatic carbocycles. The number of nitrogens with zero attached hydrogens (tertiary/aromatic N) is 2. The first-order valence-electron chi connectivity index (χ1n) is 12.6. The number of ether oxygens (including phenoxy) is 2. The van der Waals surface area contributed by atoms with E-state index in [0.717, 1.165) is 26.4 Å². The summed E-state index contributed by atoms with van der Waals surface area (Å²) in [6.45, 7) is 6.75. The first-order valence-corrected chi connectivity index (χ1v) is 14.8. The third kappa shape index (κ3) is 7.57. The zero-order valence-corrected chi connectivity index (χ0v) is 24.6. The van der Waals surface area contributed by atoms with Gasteiger partial charge in [-0.05, 0) is 82.3 Å². The number of amides is 1. The van der Waals surface area contributed by atoms with Gasteiger partial charge >= 0.3 is 6.09 Å². The number of hydrogen-bond acceptors (Lipinski definition) is 9. The van der Waals surface area contributed by atoms with Crippen molar-refractivity contribution in [1.82, 2.24) is 4.98 Å². The molecule has 0 spiro atoms. The van der Waals surface area contributed by atoms with E-state index < -0.39 is 34.5 Å². The van der Waals surface area contributed by atoms with Crippen LogP contribution in [-0.2, 0) is 19.0 Å². The van der Waals surface area contributed by atoms with Crippen LogP contribution in [0.1, 0.15) is 26.3 Å². The first-order chi connectivity index (χ1) is 18.8. The minimum atomic E-state index is -3.97. The molecule has 0 radical (unpaired) electrons. The molecule has 0 aliphatic heterocycles. The number of aryl methyl sites for hydroxylation is 1. The van der Waals surface area contributed by atoms with Gasteiger partial charge in [-0.15, -0.1) is 11.3 Å². The van der Waals surface area contributed by atoms with Crippen LogP contribution in [0.25, 0.3) is 20.8 Å². The van der Waals surface area contributed by atoms with Gasteiger partial charge in [-0.1, -0.05) is 17.7 Å². The Bertz CT molecular complexity index is 1580. The van der Waals surface area contributed by atoms with Gasteiger partial charge in [-0.2, -0.15) is 8.42 Å². The van der Waals surface area contributed by atoms with Crippen LogP contribution in [0.3, 0.4) is 0 Å². The van der Waals surface area contributed by atoms with Crippen molar-refractivity contribution in [2.24, 2.45) is 0 Å². The fourth-order valence-electron chi connectivity index (χ4n) is 3.56. The van der Waals surface area contributed by atoms with E-state index >= 15 is 0 Å². The molecule has 9 nitrogen and oxygen atoms in total. The Balaban J connectivity index is 1.35. The van der Waals surface area contributed by atoms with E-state index in [-0.39, 0.29) is 11.5 Å². The van der Waals surface area contributed by atoms with E-state index in [9.17, 15) is 18.3 Å². The van der Waals surface area contributed by atoms with E-state index in [1.807, 2.05) is 64.1 Å². The fraction of sp³-hybridized carbons (Fsp3) is 0.310. The second-order valence-electron chi connectivity index (χ2n) is 10.3. The van der Waals surface area contributed by atoms with Crippen molar-refractivity contribution in [3.63, 3.8) is 0 Å². The summed E-state index contributed by atoms with van der Waals surface area (Å²) in [5.74, 6) is 0.512. The maximum absolute atomic E-state index is 12.3. The second-order valence-corrected chi connectivity index (χ2v) is 12.9. The van der Waals surface area contributed by atoms with E-state index in [4.69, 9.17) is 13.7 Å². The smallest absolute Gasteiger partial charge is 0.414 e. The number of benzene rings is 3. The quantitative estimate of drug-likeness (QED) is 0.246. The molecule has 0 unspecified atom stereocenters. The molecule has 4 rings (SSSR count). The van der Waals surface area contributed by atoms with Gasteiger partial charge in [-0.25, -0.2) is 9.78 Å². The monoisotopic (exact) mass is 584 g/mol. The van der Waals surface area contributed by atoms with Crippen LogP contribution in [0.4, 0.5) is 10.5 Å². The molecule has 0 saturated heterocycles. The van der Waals surface area contributed by atoms with Crippen LogP contribution in [0, 0.1) is 6.92 Å². The van der Waals surface area contributed by atoms with Crippen LogP contribution in [0.5, 0.6) is 5.75 Å². The first kappa shape index (κ1) is 29.5. The lowest BCUT2D eigenvalue weighted by molar-refractivity contribution is 0.0589. The normalized spacial score (nSPS) is 12.8. The number of fused-ring (bicyclic) bond motifs is 1. The average molecular weight is 585 g/mol. The molecule has 1 atom stereocenters. The van der Waals surface area contributed by atoms with E-state index in [2.05, 4.69) is 4.98 Å². The lowest BCUT2D eigenvalue weighted by atomic mass is 10.2. The van der Waals surface area contributed by atoms with E-state index in [0.29, 0.717) is 11.4 Å². The Kier molecular flexibility index (Phi) is 8.79. The lowest BCUT2D eigenvalue weighted by Gasteiger charge is -2.24. The van der Waals surface area contributed by atoms with Gasteiger partial charge in [0.2, 0.25) is 0 Å². The zero-order chi connectivity index (χ0) is 29.1. The summed E-state index contributed by atoms with van der Waals surface area (Å²) in [5.41, 5.74) is 2.73.